The van der Waals surface area contributed by atoms with E-state index in [1.165, 1.54) is 0 Å². The van der Waals surface area contributed by atoms with Crippen LogP contribution in [0.3, 0.4) is 0 Å². The van der Waals surface area contributed by atoms with E-state index in [2.05, 4.69) is 21.2 Å². The number of hydrogen-bond acceptors (Lipinski definition) is 2. The monoisotopic (exact) mass is 318 g/mol. The molecule has 4 heteroatoms. The number of carbonyl (C=O) groups excluding carboxylic acids is 1. The summed E-state index contributed by atoms with van der Waals surface area (Å²) in [6.45, 7) is 3.94. The van der Waals surface area contributed by atoms with E-state index in [0.717, 1.165) is 15.6 Å². The molecule has 0 saturated heterocycles. The molecule has 2 rings (SSSR count). The van der Waals surface area contributed by atoms with Crippen LogP contribution in [-0.4, -0.2) is 5.91 Å². The predicted molar refractivity (Wildman–Crippen MR) is 82.4 cm³/mol. The lowest BCUT2D eigenvalue weighted by atomic mass is 10.1. The molecule has 2 aromatic rings. The lowest BCUT2D eigenvalue weighted by Gasteiger charge is -2.13. The second-order valence-electron chi connectivity index (χ2n) is 4.44. The number of rotatable bonds is 2. The third-order valence-electron chi connectivity index (χ3n) is 3.09. The number of benzene rings is 2. The van der Waals surface area contributed by atoms with Crippen molar-refractivity contribution in [1.82, 2.24) is 0 Å². The summed E-state index contributed by atoms with van der Waals surface area (Å²) in [6, 6.07) is 11.0. The van der Waals surface area contributed by atoms with Gasteiger partial charge in [-0.25, -0.2) is 0 Å². The van der Waals surface area contributed by atoms with E-state index in [0.29, 0.717) is 16.9 Å². The Balaban J connectivity index is 2.32. The zero-order valence-electron chi connectivity index (χ0n) is 10.8. The molecule has 0 radical (unpaired) electrons. The van der Waals surface area contributed by atoms with Gasteiger partial charge in [-0.3, -0.25) is 4.79 Å². The number of hydrogen-bond donors (Lipinski definition) is 2. The standard InChI is InChI=1S/C15H15BrN2O/c1-9-6-7-13(17)14(10(9)2)18-15(19)11-4-3-5-12(16)8-11/h3-8H,17H2,1-2H3,(H,18,19). The average Bonchev–Trinajstić information content (AvgIpc) is 2.39. The summed E-state index contributed by atoms with van der Waals surface area (Å²) in [5, 5.41) is 2.88. The molecular formula is C15H15BrN2O. The third-order valence-corrected chi connectivity index (χ3v) is 3.59. The molecule has 98 valence electrons. The molecule has 0 aliphatic carbocycles. The Kier molecular flexibility index (Phi) is 3.90. The van der Waals surface area contributed by atoms with E-state index >= 15 is 0 Å². The smallest absolute Gasteiger partial charge is 0.255 e. The first-order valence-electron chi connectivity index (χ1n) is 5.91. The number of anilines is 2. The molecule has 0 aliphatic rings. The lowest BCUT2D eigenvalue weighted by molar-refractivity contribution is 0.102. The molecule has 0 heterocycles. The number of amides is 1. The van der Waals surface area contributed by atoms with Gasteiger partial charge < -0.3 is 11.1 Å². The van der Waals surface area contributed by atoms with Gasteiger partial charge in [0.25, 0.3) is 5.91 Å². The quantitative estimate of drug-likeness (QED) is 0.825. The van der Waals surface area contributed by atoms with Crippen LogP contribution in [0, 0.1) is 13.8 Å². The minimum atomic E-state index is -0.165. The van der Waals surface area contributed by atoms with Crippen LogP contribution >= 0.6 is 15.9 Å². The first kappa shape index (κ1) is 13.6. The van der Waals surface area contributed by atoms with Crippen molar-refractivity contribution < 1.29 is 4.79 Å². The fourth-order valence-electron chi connectivity index (χ4n) is 1.82. The molecule has 0 atom stereocenters. The predicted octanol–water partition coefficient (Wildman–Crippen LogP) is 3.90. The van der Waals surface area contributed by atoms with Crippen LogP contribution in [0.2, 0.25) is 0 Å². The van der Waals surface area contributed by atoms with Gasteiger partial charge in [-0.05, 0) is 49.2 Å². The molecule has 2 aromatic carbocycles. The Morgan fingerprint density at radius 2 is 1.95 bits per heavy atom. The molecule has 1 amide bonds. The number of carbonyl (C=O) groups is 1. The Morgan fingerprint density at radius 3 is 2.63 bits per heavy atom. The third kappa shape index (κ3) is 2.96. The number of nitrogens with one attached hydrogen (secondary N) is 1. The molecule has 0 bridgehead atoms. The molecule has 0 aromatic heterocycles. The molecule has 3 N–H and O–H groups in total. The van der Waals surface area contributed by atoms with Crippen molar-refractivity contribution in [2.45, 2.75) is 13.8 Å². The molecule has 0 aliphatic heterocycles. The average molecular weight is 319 g/mol. The summed E-state index contributed by atoms with van der Waals surface area (Å²) in [4.78, 5) is 12.2. The van der Waals surface area contributed by atoms with Gasteiger partial charge in [0.2, 0.25) is 0 Å². The molecule has 3 nitrogen and oxygen atoms in total. The fraction of sp³-hybridized carbons (Fsp3) is 0.133. The van der Waals surface area contributed by atoms with Crippen LogP contribution in [0.15, 0.2) is 40.9 Å². The number of nitrogen functional groups attached to an aromatic ring is 1. The zero-order valence-corrected chi connectivity index (χ0v) is 12.4. The molecule has 0 fully saturated rings. The van der Waals surface area contributed by atoms with Crippen molar-refractivity contribution >= 4 is 33.2 Å². The highest BCUT2D eigenvalue weighted by atomic mass is 79.9. The van der Waals surface area contributed by atoms with E-state index in [4.69, 9.17) is 5.73 Å². The van der Waals surface area contributed by atoms with Crippen molar-refractivity contribution in [3.63, 3.8) is 0 Å². The first-order chi connectivity index (χ1) is 8.99. The van der Waals surface area contributed by atoms with Crippen LogP contribution in [0.25, 0.3) is 0 Å². The van der Waals surface area contributed by atoms with Crippen molar-refractivity contribution in [2.75, 3.05) is 11.1 Å². The summed E-state index contributed by atoms with van der Waals surface area (Å²) in [6.07, 6.45) is 0. The molecule has 19 heavy (non-hydrogen) atoms. The highest BCUT2D eigenvalue weighted by Gasteiger charge is 2.11. The maximum Gasteiger partial charge on any atom is 0.255 e. The summed E-state index contributed by atoms with van der Waals surface area (Å²) < 4.78 is 0.870. The van der Waals surface area contributed by atoms with Gasteiger partial charge in [0.1, 0.15) is 0 Å². The SMILES string of the molecule is Cc1ccc(N)c(NC(=O)c2cccc(Br)c2)c1C. The van der Waals surface area contributed by atoms with Crippen molar-refractivity contribution in [2.24, 2.45) is 0 Å². The first-order valence-corrected chi connectivity index (χ1v) is 6.71. The van der Waals surface area contributed by atoms with E-state index in [-0.39, 0.29) is 5.91 Å². The maximum absolute atomic E-state index is 12.2. The van der Waals surface area contributed by atoms with Crippen LogP contribution < -0.4 is 11.1 Å². The minimum absolute atomic E-state index is 0.165. The summed E-state index contributed by atoms with van der Waals surface area (Å²) in [7, 11) is 0. The summed E-state index contributed by atoms with van der Waals surface area (Å²) in [5.74, 6) is -0.165. The van der Waals surface area contributed by atoms with Gasteiger partial charge in [-0.1, -0.05) is 28.1 Å². The van der Waals surface area contributed by atoms with Gasteiger partial charge in [-0.2, -0.15) is 0 Å². The van der Waals surface area contributed by atoms with Gasteiger partial charge in [0, 0.05) is 10.0 Å². The number of halogens is 1. The highest BCUT2D eigenvalue weighted by Crippen LogP contribution is 2.26. The van der Waals surface area contributed by atoms with Crippen LogP contribution in [-0.2, 0) is 0 Å². The highest BCUT2D eigenvalue weighted by molar-refractivity contribution is 9.10. The van der Waals surface area contributed by atoms with Gasteiger partial charge in [0.05, 0.1) is 11.4 Å². The normalized spacial score (nSPS) is 10.3. The number of aryl methyl sites for hydroxylation is 1. The molecule has 0 spiro atoms. The fourth-order valence-corrected chi connectivity index (χ4v) is 2.22. The Labute approximate surface area is 121 Å². The van der Waals surface area contributed by atoms with Crippen LogP contribution in [0.5, 0.6) is 0 Å². The Hall–Kier alpha value is -1.81. The molecular weight excluding hydrogens is 304 g/mol. The Bertz CT molecular complexity index is 638. The van der Waals surface area contributed by atoms with Crippen LogP contribution in [0.1, 0.15) is 21.5 Å². The van der Waals surface area contributed by atoms with E-state index in [9.17, 15) is 4.79 Å². The van der Waals surface area contributed by atoms with Gasteiger partial charge >= 0.3 is 0 Å². The summed E-state index contributed by atoms with van der Waals surface area (Å²) in [5.41, 5.74) is 9.86. The van der Waals surface area contributed by atoms with E-state index in [1.54, 1.807) is 18.2 Å². The summed E-state index contributed by atoms with van der Waals surface area (Å²) >= 11 is 3.35. The zero-order chi connectivity index (χ0) is 14.0. The van der Waals surface area contributed by atoms with Crippen molar-refractivity contribution in [3.8, 4) is 0 Å². The van der Waals surface area contributed by atoms with Crippen LogP contribution in [0.4, 0.5) is 11.4 Å². The van der Waals surface area contributed by atoms with E-state index in [1.807, 2.05) is 32.0 Å². The van der Waals surface area contributed by atoms with E-state index < -0.39 is 0 Å². The number of nitrogens with two attached hydrogens (primary N) is 1. The molecule has 0 unspecified atom stereocenters. The lowest BCUT2D eigenvalue weighted by Crippen LogP contribution is -2.14. The van der Waals surface area contributed by atoms with Crippen molar-refractivity contribution in [3.05, 3.63) is 57.6 Å². The molecule has 0 saturated carbocycles. The van der Waals surface area contributed by atoms with Gasteiger partial charge in [0.15, 0.2) is 0 Å². The second-order valence-corrected chi connectivity index (χ2v) is 5.35. The second kappa shape index (κ2) is 5.45. The van der Waals surface area contributed by atoms with Gasteiger partial charge in [-0.15, -0.1) is 0 Å². The van der Waals surface area contributed by atoms with Crippen molar-refractivity contribution in [1.29, 1.82) is 0 Å². The maximum atomic E-state index is 12.2. The minimum Gasteiger partial charge on any atom is -0.397 e. The largest absolute Gasteiger partial charge is 0.397 e. The topological polar surface area (TPSA) is 55.1 Å². The Morgan fingerprint density at radius 1 is 1.21 bits per heavy atom.